The van der Waals surface area contributed by atoms with Gasteiger partial charge in [0.2, 0.25) is 0 Å². The van der Waals surface area contributed by atoms with Crippen molar-refractivity contribution in [3.8, 4) is 5.75 Å². The Morgan fingerprint density at radius 3 is 2.35 bits per heavy atom. The van der Waals surface area contributed by atoms with Crippen LogP contribution in [0.3, 0.4) is 0 Å². The van der Waals surface area contributed by atoms with Crippen molar-refractivity contribution in [2.45, 2.75) is 17.6 Å². The lowest BCUT2D eigenvalue weighted by atomic mass is 10.1. The number of benzene rings is 1. The van der Waals surface area contributed by atoms with Crippen molar-refractivity contribution in [1.29, 1.82) is 0 Å². The summed E-state index contributed by atoms with van der Waals surface area (Å²) in [6.07, 6.45) is -2.31. The maximum atomic E-state index is 12.0. The monoisotopic (exact) mass is 345 g/mol. The highest BCUT2D eigenvalue weighted by Gasteiger charge is 2.31. The lowest BCUT2D eigenvalue weighted by molar-refractivity contribution is -0.274. The Morgan fingerprint density at radius 2 is 1.80 bits per heavy atom. The van der Waals surface area contributed by atoms with Crippen molar-refractivity contribution in [1.82, 2.24) is 4.98 Å². The fraction of sp³-hybridized carbons (Fsp3) is 0.214. The first kappa shape index (κ1) is 14.8. The summed E-state index contributed by atoms with van der Waals surface area (Å²) in [4.78, 5) is 4.19. The van der Waals surface area contributed by atoms with Gasteiger partial charge in [0.25, 0.3) is 0 Å². The number of ether oxygens (including phenoxy) is 1. The standard InChI is InChI=1S/C14H11BrF3NO/c15-13(9-11-3-1-2-8-19-11)10-4-6-12(7-5-10)20-14(16,17)18/h1-8,13H,9H2. The van der Waals surface area contributed by atoms with Crippen LogP contribution in [0.4, 0.5) is 13.2 Å². The van der Waals surface area contributed by atoms with E-state index in [1.165, 1.54) is 12.1 Å². The number of alkyl halides is 4. The summed E-state index contributed by atoms with van der Waals surface area (Å²) >= 11 is 3.51. The number of rotatable bonds is 4. The van der Waals surface area contributed by atoms with E-state index in [0.717, 1.165) is 11.3 Å². The zero-order valence-corrected chi connectivity index (χ0v) is 11.9. The zero-order valence-electron chi connectivity index (χ0n) is 10.3. The minimum Gasteiger partial charge on any atom is -0.406 e. The van der Waals surface area contributed by atoms with E-state index in [0.29, 0.717) is 6.42 Å². The summed E-state index contributed by atoms with van der Waals surface area (Å²) in [5.41, 5.74) is 1.77. The molecular formula is C14H11BrF3NO. The van der Waals surface area contributed by atoms with Crippen molar-refractivity contribution in [3.05, 3.63) is 59.9 Å². The number of halogens is 4. The number of hydrogen-bond donors (Lipinski definition) is 0. The molecular weight excluding hydrogens is 335 g/mol. The molecule has 106 valence electrons. The molecule has 1 heterocycles. The van der Waals surface area contributed by atoms with Crippen molar-refractivity contribution >= 4 is 15.9 Å². The average molecular weight is 346 g/mol. The molecule has 0 saturated heterocycles. The third-order valence-corrected chi connectivity index (χ3v) is 3.44. The molecule has 1 aromatic carbocycles. The largest absolute Gasteiger partial charge is 0.573 e. The van der Waals surface area contributed by atoms with Gasteiger partial charge in [-0.15, -0.1) is 13.2 Å². The predicted octanol–water partition coefficient (Wildman–Crippen LogP) is 4.66. The van der Waals surface area contributed by atoms with Gasteiger partial charge in [-0.1, -0.05) is 34.1 Å². The van der Waals surface area contributed by atoms with E-state index in [1.807, 2.05) is 18.2 Å². The third-order valence-electron chi connectivity index (χ3n) is 2.59. The second-order valence-corrected chi connectivity index (χ2v) is 5.21. The van der Waals surface area contributed by atoms with Crippen LogP contribution in [0, 0.1) is 0 Å². The SMILES string of the molecule is FC(F)(F)Oc1ccc(C(Br)Cc2ccccn2)cc1. The summed E-state index contributed by atoms with van der Waals surface area (Å²) in [5.74, 6) is -0.223. The number of pyridine rings is 1. The van der Waals surface area contributed by atoms with Crippen molar-refractivity contribution in [2.75, 3.05) is 0 Å². The van der Waals surface area contributed by atoms with Crippen LogP contribution >= 0.6 is 15.9 Å². The van der Waals surface area contributed by atoms with Gasteiger partial charge in [-0.25, -0.2) is 0 Å². The normalized spacial score (nSPS) is 13.0. The Kier molecular flexibility index (Phi) is 4.65. The van der Waals surface area contributed by atoms with E-state index >= 15 is 0 Å². The summed E-state index contributed by atoms with van der Waals surface area (Å²) in [7, 11) is 0. The highest BCUT2D eigenvalue weighted by molar-refractivity contribution is 9.09. The first-order valence-electron chi connectivity index (χ1n) is 5.84. The number of hydrogen-bond acceptors (Lipinski definition) is 2. The maximum Gasteiger partial charge on any atom is 0.573 e. The van der Waals surface area contributed by atoms with Crippen molar-refractivity contribution in [3.63, 3.8) is 0 Å². The summed E-state index contributed by atoms with van der Waals surface area (Å²) in [5, 5.41) is 0. The first-order valence-corrected chi connectivity index (χ1v) is 6.75. The molecule has 20 heavy (non-hydrogen) atoms. The molecule has 0 spiro atoms. The predicted molar refractivity (Wildman–Crippen MR) is 72.7 cm³/mol. The molecule has 0 N–H and O–H groups in total. The Bertz CT molecular complexity index is 543. The van der Waals surface area contributed by atoms with Crippen LogP contribution in [0.1, 0.15) is 16.1 Å². The highest BCUT2D eigenvalue weighted by Crippen LogP contribution is 2.29. The average Bonchev–Trinajstić information content (AvgIpc) is 2.39. The van der Waals surface area contributed by atoms with Crippen molar-refractivity contribution in [2.24, 2.45) is 0 Å². The van der Waals surface area contributed by atoms with Crippen LogP contribution in [0.2, 0.25) is 0 Å². The molecule has 2 aromatic rings. The van der Waals surface area contributed by atoms with Gasteiger partial charge in [-0.05, 0) is 29.8 Å². The van der Waals surface area contributed by atoms with E-state index in [1.54, 1.807) is 18.3 Å². The molecule has 0 radical (unpaired) electrons. The molecule has 0 fully saturated rings. The molecule has 6 heteroatoms. The van der Waals surface area contributed by atoms with Gasteiger partial charge in [-0.2, -0.15) is 0 Å². The Morgan fingerprint density at radius 1 is 1.10 bits per heavy atom. The smallest absolute Gasteiger partial charge is 0.406 e. The van der Waals surface area contributed by atoms with Gasteiger partial charge in [0.1, 0.15) is 5.75 Å². The molecule has 0 bridgehead atoms. The minimum atomic E-state index is -4.66. The Labute approximate surface area is 122 Å². The van der Waals surface area contributed by atoms with Gasteiger partial charge in [0.15, 0.2) is 0 Å². The molecule has 2 rings (SSSR count). The third kappa shape index (κ3) is 4.52. The van der Waals surface area contributed by atoms with Crippen LogP contribution in [0.5, 0.6) is 5.75 Å². The Balaban J connectivity index is 2.02. The van der Waals surface area contributed by atoms with Crippen LogP contribution in [-0.4, -0.2) is 11.3 Å². The van der Waals surface area contributed by atoms with Crippen LogP contribution < -0.4 is 4.74 Å². The van der Waals surface area contributed by atoms with Gasteiger partial charge in [0.05, 0.1) is 0 Å². The van der Waals surface area contributed by atoms with E-state index < -0.39 is 6.36 Å². The zero-order chi connectivity index (χ0) is 14.6. The minimum absolute atomic E-state index is 0.0164. The molecule has 1 atom stereocenters. The molecule has 0 amide bonds. The summed E-state index contributed by atoms with van der Waals surface area (Å²) < 4.78 is 40.0. The molecule has 1 unspecified atom stereocenters. The van der Waals surface area contributed by atoms with E-state index in [9.17, 15) is 13.2 Å². The van der Waals surface area contributed by atoms with Gasteiger partial charge >= 0.3 is 6.36 Å². The summed E-state index contributed by atoms with van der Waals surface area (Å²) in [6, 6.07) is 11.4. The van der Waals surface area contributed by atoms with Crippen LogP contribution in [0.25, 0.3) is 0 Å². The highest BCUT2D eigenvalue weighted by atomic mass is 79.9. The molecule has 0 saturated carbocycles. The quantitative estimate of drug-likeness (QED) is 0.752. The van der Waals surface area contributed by atoms with Crippen LogP contribution in [-0.2, 0) is 6.42 Å². The molecule has 2 nitrogen and oxygen atoms in total. The van der Waals surface area contributed by atoms with Gasteiger partial charge < -0.3 is 4.74 Å². The fourth-order valence-electron chi connectivity index (χ4n) is 1.70. The Hall–Kier alpha value is -1.56. The fourth-order valence-corrected chi connectivity index (χ4v) is 2.34. The lowest BCUT2D eigenvalue weighted by Gasteiger charge is -2.12. The molecule has 0 aliphatic carbocycles. The number of nitrogens with zero attached hydrogens (tertiary/aromatic N) is 1. The second kappa shape index (κ2) is 6.26. The van der Waals surface area contributed by atoms with Gasteiger partial charge in [-0.3, -0.25) is 4.98 Å². The van der Waals surface area contributed by atoms with E-state index in [4.69, 9.17) is 0 Å². The lowest BCUT2D eigenvalue weighted by Crippen LogP contribution is -2.17. The van der Waals surface area contributed by atoms with Gasteiger partial charge in [0, 0.05) is 23.1 Å². The molecule has 1 aromatic heterocycles. The first-order chi connectivity index (χ1) is 9.44. The van der Waals surface area contributed by atoms with Crippen LogP contribution in [0.15, 0.2) is 48.7 Å². The molecule has 0 aliphatic rings. The van der Waals surface area contributed by atoms with Crippen molar-refractivity contribution < 1.29 is 17.9 Å². The van der Waals surface area contributed by atoms with E-state index in [-0.39, 0.29) is 10.6 Å². The molecule has 0 aliphatic heterocycles. The van der Waals surface area contributed by atoms with E-state index in [2.05, 4.69) is 25.7 Å². The summed E-state index contributed by atoms with van der Waals surface area (Å²) in [6.45, 7) is 0. The topological polar surface area (TPSA) is 22.1 Å². The second-order valence-electron chi connectivity index (χ2n) is 4.11. The number of aromatic nitrogens is 1. The maximum absolute atomic E-state index is 12.0.